The third-order valence-corrected chi connectivity index (χ3v) is 12.2. The molecule has 10 aromatic carbocycles. The van der Waals surface area contributed by atoms with E-state index in [4.69, 9.17) is 0 Å². The van der Waals surface area contributed by atoms with E-state index in [9.17, 15) is 0 Å². The molecular weight excluding hydrogens is 787 g/mol. The first-order valence-electron chi connectivity index (χ1n) is 22.2. The van der Waals surface area contributed by atoms with Crippen LogP contribution in [0.25, 0.3) is 61.2 Å². The molecule has 0 saturated carbocycles. The maximum atomic E-state index is 2.42. The fourth-order valence-corrected chi connectivity index (χ4v) is 9.12. The Hall–Kier alpha value is -8.66. The maximum absolute atomic E-state index is 2.42. The van der Waals surface area contributed by atoms with Crippen molar-refractivity contribution in [1.29, 1.82) is 0 Å². The lowest BCUT2D eigenvalue weighted by atomic mass is 9.96. The highest BCUT2D eigenvalue weighted by Crippen LogP contribution is 2.45. The summed E-state index contributed by atoms with van der Waals surface area (Å²) < 4.78 is 2.42. The highest BCUT2D eigenvalue weighted by atomic mass is 15.2. The van der Waals surface area contributed by atoms with Crippen LogP contribution in [0.4, 0.5) is 34.1 Å². The van der Waals surface area contributed by atoms with Gasteiger partial charge in [-0.05, 0) is 130 Å². The minimum absolute atomic E-state index is 1.07. The van der Waals surface area contributed by atoms with E-state index in [1.54, 1.807) is 0 Å². The predicted molar refractivity (Wildman–Crippen MR) is 274 cm³/mol. The van der Waals surface area contributed by atoms with Crippen molar-refractivity contribution in [2.75, 3.05) is 9.80 Å². The van der Waals surface area contributed by atoms with E-state index in [1.807, 2.05) is 0 Å². The first-order chi connectivity index (χ1) is 32.3. The zero-order valence-electron chi connectivity index (χ0n) is 35.8. The van der Waals surface area contributed by atoms with Gasteiger partial charge >= 0.3 is 0 Å². The van der Waals surface area contributed by atoms with E-state index in [1.165, 1.54) is 44.4 Å². The van der Waals surface area contributed by atoms with Gasteiger partial charge in [0.25, 0.3) is 0 Å². The number of anilines is 6. The highest BCUT2D eigenvalue weighted by molar-refractivity contribution is 6.07. The lowest BCUT2D eigenvalue weighted by Crippen LogP contribution is -2.12. The number of hydrogen-bond acceptors (Lipinski definition) is 2. The fraction of sp³-hybridized carbons (Fsp3) is 0. The van der Waals surface area contributed by atoms with Crippen molar-refractivity contribution in [3.05, 3.63) is 273 Å². The topological polar surface area (TPSA) is 11.4 Å². The van der Waals surface area contributed by atoms with Gasteiger partial charge in [0.05, 0.1) is 11.2 Å². The van der Waals surface area contributed by atoms with Crippen LogP contribution >= 0.6 is 0 Å². The summed E-state index contributed by atoms with van der Waals surface area (Å²) in [4.78, 5) is 4.65. The summed E-state index contributed by atoms with van der Waals surface area (Å²) in [6.45, 7) is 0. The quantitative estimate of drug-likeness (QED) is 0.129. The lowest BCUT2D eigenvalue weighted by molar-refractivity contribution is 1.13. The Morgan fingerprint density at radius 3 is 1.03 bits per heavy atom. The van der Waals surface area contributed by atoms with Gasteiger partial charge in [0.1, 0.15) is 0 Å². The van der Waals surface area contributed by atoms with Crippen molar-refractivity contribution in [2.24, 2.45) is 0 Å². The van der Waals surface area contributed by atoms with Crippen molar-refractivity contribution >= 4 is 45.0 Å². The van der Waals surface area contributed by atoms with E-state index >= 15 is 0 Å². The van der Waals surface area contributed by atoms with Gasteiger partial charge < -0.3 is 14.4 Å². The standard InChI is InChI=1S/C62H45N3/c1-7-19-46(20-8-1)47-31-36-55(37-32-47)64(58-42-40-57(41-43-58)63(52-25-13-4-14-26-52)53-27-15-5-16-28-53)56-38-33-48(34-39-56)51-35-44-60-59(45-51)61(49-21-9-2-10-22-49)62(50-23-11-3-12-24-50)65(60)54-29-17-6-18-30-54/h1-45H. The van der Waals surface area contributed by atoms with Crippen LogP contribution in [0.5, 0.6) is 0 Å². The van der Waals surface area contributed by atoms with Gasteiger partial charge in [-0.25, -0.2) is 0 Å². The van der Waals surface area contributed by atoms with Crippen LogP contribution < -0.4 is 9.80 Å². The number of nitrogens with zero attached hydrogens (tertiary/aromatic N) is 3. The van der Waals surface area contributed by atoms with Crippen molar-refractivity contribution in [3.63, 3.8) is 0 Å². The Kier molecular flexibility index (Phi) is 10.6. The number of aromatic nitrogens is 1. The molecule has 0 radical (unpaired) electrons. The summed E-state index contributed by atoms with van der Waals surface area (Å²) in [6, 6.07) is 97.8. The van der Waals surface area contributed by atoms with Gasteiger partial charge in [0, 0.05) is 50.8 Å². The SMILES string of the molecule is c1ccc(-c2ccc(N(c3ccc(-c4ccc5c(c4)c(-c4ccccc4)c(-c4ccccc4)n5-c4ccccc4)cc3)c3ccc(N(c4ccccc4)c4ccccc4)cc3)cc2)cc1. The molecule has 65 heavy (non-hydrogen) atoms. The van der Waals surface area contributed by atoms with Gasteiger partial charge in [0.15, 0.2) is 0 Å². The summed E-state index contributed by atoms with van der Waals surface area (Å²) in [5, 5.41) is 1.21. The molecule has 0 aliphatic rings. The van der Waals surface area contributed by atoms with Gasteiger partial charge in [-0.15, -0.1) is 0 Å². The Labute approximate surface area is 381 Å². The van der Waals surface area contributed by atoms with Gasteiger partial charge in [-0.3, -0.25) is 0 Å². The average Bonchev–Trinajstić information content (AvgIpc) is 3.74. The van der Waals surface area contributed by atoms with Crippen LogP contribution in [0.2, 0.25) is 0 Å². The largest absolute Gasteiger partial charge is 0.311 e. The van der Waals surface area contributed by atoms with Gasteiger partial charge in [-0.1, -0.05) is 176 Å². The van der Waals surface area contributed by atoms with E-state index in [0.29, 0.717) is 0 Å². The van der Waals surface area contributed by atoms with Crippen LogP contribution in [0, 0.1) is 0 Å². The molecule has 0 atom stereocenters. The summed E-state index contributed by atoms with van der Waals surface area (Å²) >= 11 is 0. The molecule has 0 aliphatic heterocycles. The molecule has 3 nitrogen and oxygen atoms in total. The third-order valence-electron chi connectivity index (χ3n) is 12.2. The summed E-state index contributed by atoms with van der Waals surface area (Å²) in [6.07, 6.45) is 0. The van der Waals surface area contributed by atoms with Gasteiger partial charge in [0.2, 0.25) is 0 Å². The second-order valence-electron chi connectivity index (χ2n) is 16.2. The molecule has 1 aromatic heterocycles. The van der Waals surface area contributed by atoms with Crippen molar-refractivity contribution in [1.82, 2.24) is 4.57 Å². The maximum Gasteiger partial charge on any atom is 0.0619 e. The highest BCUT2D eigenvalue weighted by Gasteiger charge is 2.22. The minimum atomic E-state index is 1.07. The second kappa shape index (κ2) is 17.6. The second-order valence-corrected chi connectivity index (χ2v) is 16.2. The molecule has 0 N–H and O–H groups in total. The number of benzene rings is 10. The van der Waals surface area contributed by atoms with Crippen molar-refractivity contribution in [3.8, 4) is 50.3 Å². The molecule has 0 aliphatic carbocycles. The lowest BCUT2D eigenvalue weighted by Gasteiger charge is -2.28. The molecule has 0 bridgehead atoms. The molecule has 0 amide bonds. The number of para-hydroxylation sites is 3. The van der Waals surface area contributed by atoms with E-state index < -0.39 is 0 Å². The molecule has 0 spiro atoms. The van der Waals surface area contributed by atoms with Crippen LogP contribution in [-0.4, -0.2) is 4.57 Å². The summed E-state index contributed by atoms with van der Waals surface area (Å²) in [7, 11) is 0. The van der Waals surface area contributed by atoms with Crippen LogP contribution in [0.1, 0.15) is 0 Å². The van der Waals surface area contributed by atoms with Crippen LogP contribution in [0.3, 0.4) is 0 Å². The average molecular weight is 832 g/mol. The fourth-order valence-electron chi connectivity index (χ4n) is 9.12. The molecule has 1 heterocycles. The Morgan fingerprint density at radius 1 is 0.246 bits per heavy atom. The minimum Gasteiger partial charge on any atom is -0.311 e. The normalized spacial score (nSPS) is 11.1. The molecule has 3 heteroatoms. The molecular formula is C62H45N3. The van der Waals surface area contributed by atoms with Crippen LogP contribution in [-0.2, 0) is 0 Å². The molecule has 0 saturated heterocycles. The Balaban J connectivity index is 1.01. The van der Waals surface area contributed by atoms with Crippen molar-refractivity contribution in [2.45, 2.75) is 0 Å². The Morgan fingerprint density at radius 2 is 0.569 bits per heavy atom. The van der Waals surface area contributed by atoms with E-state index in [0.717, 1.165) is 50.9 Å². The first-order valence-corrected chi connectivity index (χ1v) is 22.2. The Bertz CT molecular complexity index is 3260. The number of fused-ring (bicyclic) bond motifs is 1. The number of hydrogen-bond donors (Lipinski definition) is 0. The summed E-state index contributed by atoms with van der Waals surface area (Å²) in [5.41, 5.74) is 18.3. The monoisotopic (exact) mass is 831 g/mol. The zero-order chi connectivity index (χ0) is 43.4. The predicted octanol–water partition coefficient (Wildman–Crippen LogP) is 17.2. The smallest absolute Gasteiger partial charge is 0.0619 e. The van der Waals surface area contributed by atoms with Gasteiger partial charge in [-0.2, -0.15) is 0 Å². The summed E-state index contributed by atoms with van der Waals surface area (Å²) in [5.74, 6) is 0. The first kappa shape index (κ1) is 39.2. The van der Waals surface area contributed by atoms with E-state index in [2.05, 4.69) is 287 Å². The molecule has 11 rings (SSSR count). The van der Waals surface area contributed by atoms with Crippen molar-refractivity contribution < 1.29 is 0 Å². The number of rotatable bonds is 11. The molecule has 0 fully saturated rings. The third kappa shape index (κ3) is 7.77. The van der Waals surface area contributed by atoms with E-state index in [-0.39, 0.29) is 0 Å². The molecule has 11 aromatic rings. The molecule has 308 valence electrons. The molecule has 0 unspecified atom stereocenters. The van der Waals surface area contributed by atoms with Crippen LogP contribution in [0.15, 0.2) is 273 Å². The zero-order valence-corrected chi connectivity index (χ0v) is 35.8.